The molecule has 0 amide bonds. The summed E-state index contributed by atoms with van der Waals surface area (Å²) in [6, 6.07) is 0. The van der Waals surface area contributed by atoms with Crippen LogP contribution in [0, 0.1) is 10.1 Å². The summed E-state index contributed by atoms with van der Waals surface area (Å²) < 4.78 is 12.7. The molecule has 1 unspecified atom stereocenters. The Hall–Kier alpha value is -0.710. The molecule has 0 rings (SSSR count). The zero-order chi connectivity index (χ0) is 8.20. The highest BCUT2D eigenvalue weighted by Crippen LogP contribution is 2.17. The number of hydrogen-bond donors (Lipinski definition) is 1. The van der Waals surface area contributed by atoms with Gasteiger partial charge in [-0.3, -0.25) is 10.1 Å². The third kappa shape index (κ3) is 1.91. The minimum absolute atomic E-state index is 0.240. The number of alkyl halides is 1. The summed E-state index contributed by atoms with van der Waals surface area (Å²) in [5, 5.41) is 18.2. The molecule has 0 radical (unpaired) electrons. The van der Waals surface area contributed by atoms with Gasteiger partial charge in [0.2, 0.25) is 0 Å². The lowest BCUT2D eigenvalue weighted by Crippen LogP contribution is -2.36. The van der Waals surface area contributed by atoms with Gasteiger partial charge in [0.1, 0.15) is 6.61 Å². The number of rotatable bonds is 4. The lowest BCUT2D eigenvalue weighted by molar-refractivity contribution is -0.610. The standard InChI is InChI=1S/C5H10FNO3/c1-2-3-5(6,4-8)7(9)10/h8H,2-4H2,1H3. The Kier molecular flexibility index (Phi) is 3.21. The molecule has 0 aromatic heterocycles. The quantitative estimate of drug-likeness (QED) is 0.366. The highest BCUT2D eigenvalue weighted by molar-refractivity contribution is 4.62. The van der Waals surface area contributed by atoms with E-state index in [-0.39, 0.29) is 6.42 Å². The number of nitro groups is 1. The van der Waals surface area contributed by atoms with Crippen molar-refractivity contribution in [1.82, 2.24) is 0 Å². The first-order valence-electron chi connectivity index (χ1n) is 3.01. The molecule has 5 heteroatoms. The maximum absolute atomic E-state index is 12.7. The Morgan fingerprint density at radius 2 is 2.30 bits per heavy atom. The molecule has 10 heavy (non-hydrogen) atoms. The summed E-state index contributed by atoms with van der Waals surface area (Å²) in [6.45, 7) is 0.571. The molecule has 0 spiro atoms. The van der Waals surface area contributed by atoms with Crippen LogP contribution in [0.1, 0.15) is 19.8 Å². The number of hydrogen-bond acceptors (Lipinski definition) is 3. The van der Waals surface area contributed by atoms with Crippen LogP contribution in [0.25, 0.3) is 0 Å². The minimum Gasteiger partial charge on any atom is -0.386 e. The van der Waals surface area contributed by atoms with Crippen LogP contribution in [0.5, 0.6) is 0 Å². The van der Waals surface area contributed by atoms with Crippen LogP contribution in [0.3, 0.4) is 0 Å². The predicted molar refractivity (Wildman–Crippen MR) is 32.8 cm³/mol. The smallest absolute Gasteiger partial charge is 0.381 e. The SMILES string of the molecule is CCCC(F)(CO)[N+](=O)[O-]. The van der Waals surface area contributed by atoms with Crippen molar-refractivity contribution in [2.24, 2.45) is 0 Å². The van der Waals surface area contributed by atoms with Gasteiger partial charge in [0.05, 0.1) is 11.3 Å². The first kappa shape index (κ1) is 9.29. The average Bonchev–Trinajstić information content (AvgIpc) is 1.88. The van der Waals surface area contributed by atoms with Crippen LogP contribution in [-0.2, 0) is 0 Å². The zero-order valence-electron chi connectivity index (χ0n) is 5.71. The van der Waals surface area contributed by atoms with Gasteiger partial charge in [0.15, 0.2) is 0 Å². The molecule has 0 saturated carbocycles. The van der Waals surface area contributed by atoms with Gasteiger partial charge in [-0.1, -0.05) is 6.92 Å². The highest BCUT2D eigenvalue weighted by atomic mass is 19.1. The van der Waals surface area contributed by atoms with Gasteiger partial charge < -0.3 is 5.11 Å². The van der Waals surface area contributed by atoms with E-state index in [1.807, 2.05) is 0 Å². The molecule has 0 aliphatic rings. The predicted octanol–water partition coefficient (Wildman–Crippen LogP) is 0.721. The van der Waals surface area contributed by atoms with E-state index in [0.29, 0.717) is 6.42 Å². The summed E-state index contributed by atoms with van der Waals surface area (Å²) in [4.78, 5) is 8.83. The van der Waals surface area contributed by atoms with E-state index < -0.39 is 17.3 Å². The molecular weight excluding hydrogens is 141 g/mol. The lowest BCUT2D eigenvalue weighted by Gasteiger charge is -2.11. The van der Waals surface area contributed by atoms with E-state index in [9.17, 15) is 14.5 Å². The first-order chi connectivity index (χ1) is 4.56. The Balaban J connectivity index is 4.08. The van der Waals surface area contributed by atoms with Crippen molar-refractivity contribution < 1.29 is 14.4 Å². The molecule has 0 aromatic carbocycles. The third-order valence-corrected chi connectivity index (χ3v) is 1.20. The second-order valence-electron chi connectivity index (χ2n) is 2.08. The van der Waals surface area contributed by atoms with Crippen molar-refractivity contribution in [2.75, 3.05) is 6.61 Å². The van der Waals surface area contributed by atoms with E-state index in [2.05, 4.69) is 0 Å². The van der Waals surface area contributed by atoms with Gasteiger partial charge >= 0.3 is 5.79 Å². The van der Waals surface area contributed by atoms with Crippen LogP contribution in [0.2, 0.25) is 0 Å². The van der Waals surface area contributed by atoms with Crippen molar-refractivity contribution in [1.29, 1.82) is 0 Å². The summed E-state index contributed by atoms with van der Waals surface area (Å²) >= 11 is 0. The summed E-state index contributed by atoms with van der Waals surface area (Å²) in [5.41, 5.74) is 0. The zero-order valence-corrected chi connectivity index (χ0v) is 5.71. The molecule has 1 atom stereocenters. The first-order valence-corrected chi connectivity index (χ1v) is 3.01. The van der Waals surface area contributed by atoms with Crippen LogP contribution in [-0.4, -0.2) is 22.4 Å². The lowest BCUT2D eigenvalue weighted by atomic mass is 10.1. The fraction of sp³-hybridized carbons (Fsp3) is 1.00. The van der Waals surface area contributed by atoms with Crippen molar-refractivity contribution in [2.45, 2.75) is 25.6 Å². The number of aliphatic hydroxyl groups is 1. The van der Waals surface area contributed by atoms with E-state index >= 15 is 0 Å². The molecule has 0 saturated heterocycles. The Morgan fingerprint density at radius 1 is 1.80 bits per heavy atom. The van der Waals surface area contributed by atoms with Crippen LogP contribution < -0.4 is 0 Å². The van der Waals surface area contributed by atoms with Crippen LogP contribution in [0.4, 0.5) is 4.39 Å². The molecule has 0 aromatic rings. The molecule has 0 bridgehead atoms. The molecule has 0 aliphatic carbocycles. The monoisotopic (exact) mass is 151 g/mol. The average molecular weight is 151 g/mol. The van der Waals surface area contributed by atoms with E-state index in [0.717, 1.165) is 0 Å². The van der Waals surface area contributed by atoms with E-state index in [4.69, 9.17) is 5.11 Å². The van der Waals surface area contributed by atoms with E-state index in [1.54, 1.807) is 6.92 Å². The second-order valence-corrected chi connectivity index (χ2v) is 2.08. The van der Waals surface area contributed by atoms with Crippen LogP contribution in [0.15, 0.2) is 0 Å². The van der Waals surface area contributed by atoms with Crippen molar-refractivity contribution in [3.8, 4) is 0 Å². The second kappa shape index (κ2) is 3.46. The summed E-state index contributed by atoms with van der Waals surface area (Å²) in [7, 11) is 0. The maximum Gasteiger partial charge on any atom is 0.381 e. The Morgan fingerprint density at radius 3 is 2.40 bits per heavy atom. The van der Waals surface area contributed by atoms with Gasteiger partial charge in [-0.15, -0.1) is 0 Å². The van der Waals surface area contributed by atoms with Crippen molar-refractivity contribution in [3.05, 3.63) is 10.1 Å². The van der Waals surface area contributed by atoms with Gasteiger partial charge in [-0.25, -0.2) is 0 Å². The minimum atomic E-state index is -2.63. The molecule has 0 heterocycles. The van der Waals surface area contributed by atoms with Gasteiger partial charge in [-0.2, -0.15) is 4.39 Å². The number of halogens is 1. The summed E-state index contributed by atoms with van der Waals surface area (Å²) in [5.74, 6) is -2.63. The normalized spacial score (nSPS) is 16.3. The van der Waals surface area contributed by atoms with Gasteiger partial charge in [0.25, 0.3) is 0 Å². The maximum atomic E-state index is 12.7. The van der Waals surface area contributed by atoms with Crippen molar-refractivity contribution in [3.63, 3.8) is 0 Å². The molecule has 4 nitrogen and oxygen atoms in total. The highest BCUT2D eigenvalue weighted by Gasteiger charge is 2.40. The summed E-state index contributed by atoms with van der Waals surface area (Å²) in [6.07, 6.45) is 0.106. The van der Waals surface area contributed by atoms with Gasteiger partial charge in [0, 0.05) is 0 Å². The molecule has 1 N–H and O–H groups in total. The number of nitrogens with zero attached hydrogens (tertiary/aromatic N) is 1. The molecule has 0 fully saturated rings. The fourth-order valence-electron chi connectivity index (χ4n) is 0.611. The van der Waals surface area contributed by atoms with Crippen molar-refractivity contribution >= 4 is 0 Å². The largest absolute Gasteiger partial charge is 0.386 e. The Bertz CT molecular complexity index is 130. The van der Waals surface area contributed by atoms with E-state index in [1.165, 1.54) is 0 Å². The third-order valence-electron chi connectivity index (χ3n) is 1.20. The molecule has 0 aliphatic heterocycles. The van der Waals surface area contributed by atoms with Crippen LogP contribution >= 0.6 is 0 Å². The fourth-order valence-corrected chi connectivity index (χ4v) is 0.611. The Labute approximate surface area is 57.8 Å². The topological polar surface area (TPSA) is 63.4 Å². The van der Waals surface area contributed by atoms with Gasteiger partial charge in [-0.05, 0) is 6.42 Å². The molecule has 60 valence electrons. The molecular formula is C5H10FNO3. The number of aliphatic hydroxyl groups excluding tert-OH is 1.